The zero-order valence-corrected chi connectivity index (χ0v) is 15.1. The van der Waals surface area contributed by atoms with Crippen molar-refractivity contribution < 1.29 is 18.1 Å². The highest BCUT2D eigenvalue weighted by molar-refractivity contribution is 7.99. The fraction of sp³-hybridized carbons (Fsp3) is 0.500. The van der Waals surface area contributed by atoms with E-state index in [1.54, 1.807) is 11.8 Å². The first-order valence-electron chi connectivity index (χ1n) is 7.70. The van der Waals surface area contributed by atoms with Crippen molar-refractivity contribution >= 4 is 33.4 Å². The molecule has 3 N–H and O–H groups in total. The number of sulfonamides is 1. The van der Waals surface area contributed by atoms with Crippen LogP contribution in [-0.2, 0) is 14.8 Å². The van der Waals surface area contributed by atoms with Crippen LogP contribution in [0.1, 0.15) is 6.42 Å². The molecule has 0 aliphatic carbocycles. The Balaban J connectivity index is 1.74. The van der Waals surface area contributed by atoms with Crippen molar-refractivity contribution in [2.45, 2.75) is 17.4 Å². The summed E-state index contributed by atoms with van der Waals surface area (Å²) in [7, 11) is -3.77. The van der Waals surface area contributed by atoms with Gasteiger partial charge in [0.05, 0.1) is 9.82 Å². The van der Waals surface area contributed by atoms with E-state index < -0.39 is 14.9 Å². The van der Waals surface area contributed by atoms with E-state index in [1.807, 2.05) is 0 Å². The largest absolute Gasteiger partial charge is 0.355 e. The maximum Gasteiger partial charge on any atom is 0.269 e. The number of hydrogen-bond acceptors (Lipinski definition) is 7. The van der Waals surface area contributed by atoms with E-state index in [2.05, 4.69) is 15.4 Å². The molecule has 1 unspecified atom stereocenters. The molecule has 1 aliphatic heterocycles. The topological polar surface area (TPSA) is 130 Å². The highest BCUT2D eigenvalue weighted by atomic mass is 32.2. The number of thioether (sulfide) groups is 1. The van der Waals surface area contributed by atoms with Gasteiger partial charge in [-0.05, 0) is 12.1 Å². The molecule has 1 amide bonds. The van der Waals surface area contributed by atoms with Gasteiger partial charge < -0.3 is 10.6 Å². The van der Waals surface area contributed by atoms with Crippen LogP contribution in [0.5, 0.6) is 0 Å². The van der Waals surface area contributed by atoms with E-state index in [1.165, 1.54) is 12.1 Å². The minimum absolute atomic E-state index is 0.0396. The molecule has 1 fully saturated rings. The number of carbonyl (C=O) groups is 1. The quantitative estimate of drug-likeness (QED) is 0.327. The first-order chi connectivity index (χ1) is 11.9. The van der Waals surface area contributed by atoms with E-state index in [-0.39, 0.29) is 35.6 Å². The van der Waals surface area contributed by atoms with Gasteiger partial charge in [-0.1, -0.05) is 0 Å². The molecule has 2 rings (SSSR count). The van der Waals surface area contributed by atoms with Crippen molar-refractivity contribution in [2.75, 3.05) is 31.1 Å². The summed E-state index contributed by atoms with van der Waals surface area (Å²) >= 11 is 1.80. The van der Waals surface area contributed by atoms with Crippen LogP contribution < -0.4 is 15.4 Å². The SMILES string of the molecule is O=C(CC1CSCCN1)NCCNS(=O)(=O)c1ccc([N+](=O)[O-])cc1. The van der Waals surface area contributed by atoms with Crippen molar-refractivity contribution in [3.05, 3.63) is 34.4 Å². The summed E-state index contributed by atoms with van der Waals surface area (Å²) in [6.07, 6.45) is 0.363. The average molecular weight is 388 g/mol. The van der Waals surface area contributed by atoms with Gasteiger partial charge in [0.25, 0.3) is 5.69 Å². The molecule has 0 saturated carbocycles. The maximum atomic E-state index is 12.1. The third kappa shape index (κ3) is 6.27. The molecule has 1 aromatic carbocycles. The number of nitro groups is 1. The Morgan fingerprint density at radius 1 is 1.32 bits per heavy atom. The molecule has 11 heteroatoms. The number of hydrogen-bond donors (Lipinski definition) is 3. The van der Waals surface area contributed by atoms with E-state index in [9.17, 15) is 23.3 Å². The molecule has 0 radical (unpaired) electrons. The lowest BCUT2D eigenvalue weighted by Crippen LogP contribution is -2.42. The number of nitrogens with zero attached hydrogens (tertiary/aromatic N) is 1. The van der Waals surface area contributed by atoms with Crippen LogP contribution in [0.2, 0.25) is 0 Å². The van der Waals surface area contributed by atoms with Gasteiger partial charge in [0, 0.05) is 55.7 Å². The van der Waals surface area contributed by atoms with Crippen molar-refractivity contribution in [3.63, 3.8) is 0 Å². The molecule has 1 aromatic rings. The van der Waals surface area contributed by atoms with Gasteiger partial charge in [-0.25, -0.2) is 13.1 Å². The summed E-state index contributed by atoms with van der Waals surface area (Å²) in [5.41, 5.74) is -0.180. The van der Waals surface area contributed by atoms with Crippen LogP contribution in [0, 0.1) is 10.1 Å². The number of nitrogens with one attached hydrogen (secondary N) is 3. The number of carbonyl (C=O) groups excluding carboxylic acids is 1. The first kappa shape index (κ1) is 19.6. The highest BCUT2D eigenvalue weighted by Crippen LogP contribution is 2.15. The Kier molecular flexibility index (Phi) is 7.17. The number of nitro benzene ring substituents is 1. The minimum Gasteiger partial charge on any atom is -0.355 e. The third-order valence-corrected chi connectivity index (χ3v) is 6.14. The van der Waals surface area contributed by atoms with Gasteiger partial charge in [0.15, 0.2) is 0 Å². The fourth-order valence-corrected chi connectivity index (χ4v) is 4.25. The summed E-state index contributed by atoms with van der Waals surface area (Å²) in [5.74, 6) is 1.80. The first-order valence-corrected chi connectivity index (χ1v) is 10.3. The maximum absolute atomic E-state index is 12.1. The zero-order chi connectivity index (χ0) is 18.3. The molecule has 1 heterocycles. The van der Waals surface area contributed by atoms with Gasteiger partial charge in [-0.3, -0.25) is 14.9 Å². The summed E-state index contributed by atoms with van der Waals surface area (Å²) < 4.78 is 26.5. The van der Waals surface area contributed by atoms with E-state index in [0.29, 0.717) is 6.42 Å². The van der Waals surface area contributed by atoms with Gasteiger partial charge in [-0.2, -0.15) is 11.8 Å². The second-order valence-corrected chi connectivity index (χ2v) is 8.35. The van der Waals surface area contributed by atoms with Crippen LogP contribution >= 0.6 is 11.8 Å². The van der Waals surface area contributed by atoms with Gasteiger partial charge in [-0.15, -0.1) is 0 Å². The smallest absolute Gasteiger partial charge is 0.269 e. The zero-order valence-electron chi connectivity index (χ0n) is 13.4. The molecule has 0 spiro atoms. The lowest BCUT2D eigenvalue weighted by Gasteiger charge is -2.22. The molecule has 0 aromatic heterocycles. The monoisotopic (exact) mass is 388 g/mol. The lowest BCUT2D eigenvalue weighted by atomic mass is 10.2. The van der Waals surface area contributed by atoms with Gasteiger partial charge in [0.1, 0.15) is 0 Å². The minimum atomic E-state index is -3.77. The van der Waals surface area contributed by atoms with Crippen LogP contribution in [0.25, 0.3) is 0 Å². The molecule has 1 atom stereocenters. The average Bonchev–Trinajstić information content (AvgIpc) is 2.60. The van der Waals surface area contributed by atoms with Crippen molar-refractivity contribution in [1.29, 1.82) is 0 Å². The number of benzene rings is 1. The number of non-ortho nitro benzene ring substituents is 1. The normalized spacial score (nSPS) is 17.8. The predicted molar refractivity (Wildman–Crippen MR) is 95.0 cm³/mol. The Hall–Kier alpha value is -1.69. The molecule has 1 saturated heterocycles. The van der Waals surface area contributed by atoms with Crippen molar-refractivity contribution in [1.82, 2.24) is 15.4 Å². The fourth-order valence-electron chi connectivity index (χ4n) is 2.26. The van der Waals surface area contributed by atoms with Crippen LogP contribution in [0.4, 0.5) is 5.69 Å². The highest BCUT2D eigenvalue weighted by Gasteiger charge is 2.17. The molecular weight excluding hydrogens is 368 g/mol. The van der Waals surface area contributed by atoms with Gasteiger partial charge >= 0.3 is 0 Å². The molecule has 1 aliphatic rings. The van der Waals surface area contributed by atoms with Crippen LogP contribution in [0.15, 0.2) is 29.2 Å². The Bertz CT molecular complexity index is 702. The van der Waals surface area contributed by atoms with Crippen LogP contribution in [-0.4, -0.2) is 56.4 Å². The molecular formula is C14H20N4O5S2. The standard InChI is InChI=1S/C14H20N4O5S2/c19-14(9-11-10-24-8-7-15-11)16-5-6-17-25(22,23)13-3-1-12(2-4-13)18(20)21/h1-4,11,15,17H,5-10H2,(H,16,19). The van der Waals surface area contributed by atoms with E-state index in [0.717, 1.165) is 30.2 Å². The summed E-state index contributed by atoms with van der Waals surface area (Å²) in [6.45, 7) is 1.10. The Labute approximate surface area is 150 Å². The van der Waals surface area contributed by atoms with Gasteiger partial charge in [0.2, 0.25) is 15.9 Å². The summed E-state index contributed by atoms with van der Waals surface area (Å²) in [6, 6.07) is 4.75. The molecule has 9 nitrogen and oxygen atoms in total. The number of amides is 1. The second kappa shape index (κ2) is 9.13. The summed E-state index contributed by atoms with van der Waals surface area (Å²) in [5, 5.41) is 16.5. The van der Waals surface area contributed by atoms with E-state index >= 15 is 0 Å². The number of rotatable bonds is 8. The molecule has 138 valence electrons. The van der Waals surface area contributed by atoms with Crippen molar-refractivity contribution in [2.24, 2.45) is 0 Å². The van der Waals surface area contributed by atoms with E-state index in [4.69, 9.17) is 0 Å². The Morgan fingerprint density at radius 3 is 2.64 bits per heavy atom. The third-order valence-electron chi connectivity index (χ3n) is 3.53. The lowest BCUT2D eigenvalue weighted by molar-refractivity contribution is -0.384. The Morgan fingerprint density at radius 2 is 2.04 bits per heavy atom. The molecule has 0 bridgehead atoms. The van der Waals surface area contributed by atoms with Crippen molar-refractivity contribution in [3.8, 4) is 0 Å². The molecule has 25 heavy (non-hydrogen) atoms. The second-order valence-electron chi connectivity index (χ2n) is 5.43. The summed E-state index contributed by atoms with van der Waals surface area (Å²) in [4.78, 5) is 21.7. The van der Waals surface area contributed by atoms with Crippen LogP contribution in [0.3, 0.4) is 0 Å². The predicted octanol–water partition coefficient (Wildman–Crippen LogP) is 0.0844.